The fraction of sp³-hybridized carbons (Fsp3) is 0.583. The monoisotopic (exact) mass is 256 g/mol. The largest absolute Gasteiger partial charge is 0.464 e. The number of carbonyl (C=O) groups is 1. The average Bonchev–Trinajstić information content (AvgIpc) is 2.74. The number of nitrogens with two attached hydrogens (primary N) is 1. The van der Waals surface area contributed by atoms with Gasteiger partial charge in [0, 0.05) is 33.1 Å². The summed E-state index contributed by atoms with van der Waals surface area (Å²) in [4.78, 5) is 11.5. The highest BCUT2D eigenvalue weighted by atomic mass is 16.5. The lowest BCUT2D eigenvalue weighted by Gasteiger charge is -2.08. The Balaban J connectivity index is 2.39. The molecule has 0 aliphatic heterocycles. The molecule has 1 aromatic heterocycles. The average molecular weight is 256 g/mol. The number of nitrogen functional groups attached to an aromatic ring is 1. The van der Waals surface area contributed by atoms with Crippen LogP contribution < -0.4 is 5.73 Å². The number of carbonyl (C=O) groups excluding carboxylic acids is 1. The van der Waals surface area contributed by atoms with Crippen LogP contribution in [0, 0.1) is 0 Å². The van der Waals surface area contributed by atoms with Crippen LogP contribution in [0.3, 0.4) is 0 Å². The van der Waals surface area contributed by atoms with Crippen LogP contribution in [0.2, 0.25) is 0 Å². The highest BCUT2D eigenvalue weighted by Gasteiger charge is 2.12. The Morgan fingerprint density at radius 1 is 1.33 bits per heavy atom. The van der Waals surface area contributed by atoms with Gasteiger partial charge in [0.25, 0.3) is 0 Å². The maximum Gasteiger partial charge on any atom is 0.354 e. The molecule has 0 saturated carbocycles. The van der Waals surface area contributed by atoms with Crippen molar-refractivity contribution in [1.82, 2.24) is 4.57 Å². The van der Waals surface area contributed by atoms with Crippen LogP contribution >= 0.6 is 0 Å². The number of esters is 1. The molecule has 6 heteroatoms. The number of rotatable bonds is 8. The zero-order chi connectivity index (χ0) is 13.4. The minimum absolute atomic E-state index is 0.397. The Hall–Kier alpha value is -1.53. The number of methoxy groups -OCH3 is 2. The first kappa shape index (κ1) is 14.5. The van der Waals surface area contributed by atoms with E-state index in [-0.39, 0.29) is 0 Å². The van der Waals surface area contributed by atoms with E-state index in [1.165, 1.54) is 7.11 Å². The summed E-state index contributed by atoms with van der Waals surface area (Å²) in [5.41, 5.74) is 6.63. The van der Waals surface area contributed by atoms with Gasteiger partial charge in [-0.2, -0.15) is 0 Å². The van der Waals surface area contributed by atoms with Crippen LogP contribution in [0.4, 0.5) is 5.69 Å². The second-order valence-electron chi connectivity index (χ2n) is 3.80. The molecule has 102 valence electrons. The fourth-order valence-electron chi connectivity index (χ4n) is 1.56. The molecule has 0 aliphatic carbocycles. The van der Waals surface area contributed by atoms with Gasteiger partial charge in [-0.05, 0) is 12.5 Å². The molecule has 0 spiro atoms. The predicted octanol–water partition coefficient (Wildman–Crippen LogP) is 0.910. The van der Waals surface area contributed by atoms with Crippen LogP contribution in [-0.4, -0.2) is 44.6 Å². The van der Waals surface area contributed by atoms with E-state index >= 15 is 0 Å². The van der Waals surface area contributed by atoms with Crippen molar-refractivity contribution in [2.75, 3.05) is 39.8 Å². The third kappa shape index (κ3) is 4.38. The van der Waals surface area contributed by atoms with E-state index < -0.39 is 5.97 Å². The lowest BCUT2D eigenvalue weighted by Crippen LogP contribution is -2.13. The van der Waals surface area contributed by atoms with Gasteiger partial charge in [-0.3, -0.25) is 0 Å². The number of hydrogen-bond acceptors (Lipinski definition) is 5. The highest BCUT2D eigenvalue weighted by molar-refractivity contribution is 5.88. The Morgan fingerprint density at radius 2 is 2.11 bits per heavy atom. The third-order valence-electron chi connectivity index (χ3n) is 2.43. The van der Waals surface area contributed by atoms with Gasteiger partial charge in [0.2, 0.25) is 0 Å². The zero-order valence-corrected chi connectivity index (χ0v) is 10.8. The molecular formula is C12H20N2O4. The Bertz CT molecular complexity index is 376. The van der Waals surface area contributed by atoms with Crippen molar-refractivity contribution >= 4 is 11.7 Å². The Kier molecular flexibility index (Phi) is 6.24. The van der Waals surface area contributed by atoms with Gasteiger partial charge in [0.15, 0.2) is 0 Å². The lowest BCUT2D eigenvalue weighted by atomic mass is 10.4. The van der Waals surface area contributed by atoms with Crippen molar-refractivity contribution in [3.05, 3.63) is 18.0 Å². The van der Waals surface area contributed by atoms with E-state index in [1.54, 1.807) is 23.9 Å². The predicted molar refractivity (Wildman–Crippen MR) is 67.5 cm³/mol. The van der Waals surface area contributed by atoms with Gasteiger partial charge in [-0.1, -0.05) is 0 Å². The van der Waals surface area contributed by atoms with Crippen LogP contribution in [0.15, 0.2) is 12.3 Å². The first-order valence-electron chi connectivity index (χ1n) is 5.79. The smallest absolute Gasteiger partial charge is 0.354 e. The Morgan fingerprint density at radius 3 is 2.78 bits per heavy atom. The van der Waals surface area contributed by atoms with Gasteiger partial charge < -0.3 is 24.5 Å². The maximum absolute atomic E-state index is 11.5. The zero-order valence-electron chi connectivity index (χ0n) is 10.8. The van der Waals surface area contributed by atoms with E-state index in [2.05, 4.69) is 4.74 Å². The molecule has 1 heterocycles. The molecule has 0 bridgehead atoms. The summed E-state index contributed by atoms with van der Waals surface area (Å²) < 4.78 is 16.7. The van der Waals surface area contributed by atoms with Crippen molar-refractivity contribution in [2.24, 2.45) is 0 Å². The van der Waals surface area contributed by atoms with Gasteiger partial charge in [0.1, 0.15) is 5.69 Å². The van der Waals surface area contributed by atoms with Crippen molar-refractivity contribution in [3.8, 4) is 0 Å². The highest BCUT2D eigenvalue weighted by Crippen LogP contribution is 2.11. The molecule has 0 radical (unpaired) electrons. The second kappa shape index (κ2) is 7.73. The summed E-state index contributed by atoms with van der Waals surface area (Å²) in [6.45, 7) is 2.40. The molecule has 0 aliphatic rings. The molecule has 0 amide bonds. The van der Waals surface area contributed by atoms with Crippen LogP contribution in [-0.2, 0) is 20.8 Å². The SMILES string of the molecule is COCCCOCCn1cc(N)cc1C(=O)OC. The van der Waals surface area contributed by atoms with E-state index in [1.807, 2.05) is 0 Å². The van der Waals surface area contributed by atoms with Gasteiger partial charge in [-0.15, -0.1) is 0 Å². The normalized spacial score (nSPS) is 10.6. The molecule has 6 nitrogen and oxygen atoms in total. The lowest BCUT2D eigenvalue weighted by molar-refractivity contribution is 0.0582. The summed E-state index contributed by atoms with van der Waals surface area (Å²) in [5, 5.41) is 0. The standard InChI is InChI=1S/C12H20N2O4/c1-16-5-3-6-18-7-4-14-9-10(13)8-11(14)12(15)17-2/h8-9H,3-7,13H2,1-2H3. The van der Waals surface area contributed by atoms with Crippen molar-refractivity contribution in [2.45, 2.75) is 13.0 Å². The number of ether oxygens (including phenoxy) is 3. The van der Waals surface area contributed by atoms with Crippen molar-refractivity contribution in [1.29, 1.82) is 0 Å². The molecule has 0 fully saturated rings. The molecule has 0 atom stereocenters. The van der Waals surface area contributed by atoms with Crippen molar-refractivity contribution < 1.29 is 19.0 Å². The first-order chi connectivity index (χ1) is 8.69. The van der Waals surface area contributed by atoms with E-state index in [9.17, 15) is 4.79 Å². The van der Waals surface area contributed by atoms with Gasteiger partial charge in [-0.25, -0.2) is 4.79 Å². The summed E-state index contributed by atoms with van der Waals surface area (Å²) in [5.74, 6) is -0.397. The minimum Gasteiger partial charge on any atom is -0.464 e. The minimum atomic E-state index is -0.397. The number of aromatic nitrogens is 1. The molecular weight excluding hydrogens is 236 g/mol. The maximum atomic E-state index is 11.5. The first-order valence-corrected chi connectivity index (χ1v) is 5.79. The summed E-state index contributed by atoms with van der Waals surface area (Å²) >= 11 is 0. The number of hydrogen-bond donors (Lipinski definition) is 1. The molecule has 2 N–H and O–H groups in total. The molecule has 0 saturated heterocycles. The molecule has 1 rings (SSSR count). The van der Waals surface area contributed by atoms with E-state index in [0.717, 1.165) is 6.42 Å². The number of anilines is 1. The van der Waals surface area contributed by atoms with Crippen LogP contribution in [0.25, 0.3) is 0 Å². The van der Waals surface area contributed by atoms with E-state index in [0.29, 0.717) is 37.7 Å². The Labute approximate surface area is 107 Å². The van der Waals surface area contributed by atoms with E-state index in [4.69, 9.17) is 15.2 Å². The molecule has 1 aromatic rings. The second-order valence-corrected chi connectivity index (χ2v) is 3.80. The van der Waals surface area contributed by atoms with Gasteiger partial charge >= 0.3 is 5.97 Å². The van der Waals surface area contributed by atoms with Gasteiger partial charge in [0.05, 0.1) is 19.4 Å². The number of nitrogens with zero attached hydrogens (tertiary/aromatic N) is 1. The van der Waals surface area contributed by atoms with Crippen LogP contribution in [0.1, 0.15) is 16.9 Å². The third-order valence-corrected chi connectivity index (χ3v) is 2.43. The molecule has 0 unspecified atom stereocenters. The fourth-order valence-corrected chi connectivity index (χ4v) is 1.56. The molecule has 0 aromatic carbocycles. The summed E-state index contributed by atoms with van der Waals surface area (Å²) in [6, 6.07) is 1.59. The van der Waals surface area contributed by atoms with Crippen LogP contribution in [0.5, 0.6) is 0 Å². The molecule has 18 heavy (non-hydrogen) atoms. The summed E-state index contributed by atoms with van der Waals surface area (Å²) in [6.07, 6.45) is 2.55. The topological polar surface area (TPSA) is 75.7 Å². The van der Waals surface area contributed by atoms with Crippen molar-refractivity contribution in [3.63, 3.8) is 0 Å². The summed E-state index contributed by atoms with van der Waals surface area (Å²) in [7, 11) is 3.00. The quantitative estimate of drug-likeness (QED) is 0.552.